The first-order valence-corrected chi connectivity index (χ1v) is 11.4. The lowest BCUT2D eigenvalue weighted by molar-refractivity contribution is -0.123. The highest BCUT2D eigenvalue weighted by Crippen LogP contribution is 2.44. The van der Waals surface area contributed by atoms with Gasteiger partial charge in [-0.2, -0.15) is 0 Å². The molecular weight excluding hydrogens is 411 g/mol. The number of carbonyl (C=O) groups is 2. The zero-order chi connectivity index (χ0) is 22.3. The molecule has 0 N–H and O–H groups in total. The van der Waals surface area contributed by atoms with Crippen LogP contribution in [0.25, 0.3) is 6.08 Å². The highest BCUT2D eigenvalue weighted by Gasteiger charge is 2.37. The molecule has 2 aromatic carbocycles. The van der Waals surface area contributed by atoms with E-state index < -0.39 is 5.82 Å². The zero-order valence-electron chi connectivity index (χ0n) is 18.3. The quantitative estimate of drug-likeness (QED) is 0.535. The molecule has 0 aromatic heterocycles. The van der Waals surface area contributed by atoms with Crippen LogP contribution >= 0.6 is 11.8 Å². The molecule has 2 aliphatic rings. The monoisotopic (exact) mass is 438 g/mol. The maximum Gasteiger partial charge on any atom is 0.293 e. The Hall–Kier alpha value is -2.60. The minimum absolute atomic E-state index is 0.0591. The average molecular weight is 439 g/mol. The number of nitrogens with zero attached hydrogens (tertiary/aromatic N) is 2. The van der Waals surface area contributed by atoms with E-state index in [0.29, 0.717) is 16.4 Å². The molecule has 1 fully saturated rings. The first-order chi connectivity index (χ1) is 14.7. The molecule has 6 heteroatoms. The van der Waals surface area contributed by atoms with Crippen molar-refractivity contribution in [2.45, 2.75) is 52.1 Å². The van der Waals surface area contributed by atoms with Crippen molar-refractivity contribution in [1.82, 2.24) is 4.90 Å². The summed E-state index contributed by atoms with van der Waals surface area (Å²) >= 11 is 0.910. The van der Waals surface area contributed by atoms with Gasteiger partial charge >= 0.3 is 0 Å². The molecular formula is C25H27FN2O2S. The Kier molecular flexibility index (Phi) is 5.69. The van der Waals surface area contributed by atoms with Gasteiger partial charge in [0.15, 0.2) is 0 Å². The SMILES string of the molecule is CCN1c2ccc(/C=C3\SC(=O)N(Cc4ccccc4F)C3=O)cc2C(C)CC1(C)C. The van der Waals surface area contributed by atoms with Gasteiger partial charge in [0, 0.05) is 23.3 Å². The van der Waals surface area contributed by atoms with Gasteiger partial charge in [0.25, 0.3) is 11.1 Å². The molecule has 1 saturated heterocycles. The number of amides is 2. The molecule has 4 nitrogen and oxygen atoms in total. The number of anilines is 1. The van der Waals surface area contributed by atoms with Crippen LogP contribution in [-0.4, -0.2) is 28.1 Å². The van der Waals surface area contributed by atoms with Crippen molar-refractivity contribution in [2.24, 2.45) is 0 Å². The summed E-state index contributed by atoms with van der Waals surface area (Å²) in [5.41, 5.74) is 3.82. The van der Waals surface area contributed by atoms with Crippen LogP contribution < -0.4 is 4.90 Å². The number of carbonyl (C=O) groups excluding carboxylic acids is 2. The Bertz CT molecular complexity index is 1080. The van der Waals surface area contributed by atoms with Crippen molar-refractivity contribution in [2.75, 3.05) is 11.4 Å². The molecule has 0 bridgehead atoms. The third-order valence-corrected chi connectivity index (χ3v) is 7.09. The van der Waals surface area contributed by atoms with Crippen molar-refractivity contribution in [1.29, 1.82) is 0 Å². The Morgan fingerprint density at radius 2 is 1.94 bits per heavy atom. The minimum atomic E-state index is -0.419. The van der Waals surface area contributed by atoms with Crippen LogP contribution in [-0.2, 0) is 11.3 Å². The highest BCUT2D eigenvalue weighted by molar-refractivity contribution is 8.18. The van der Waals surface area contributed by atoms with E-state index >= 15 is 0 Å². The molecule has 162 valence electrons. The number of fused-ring (bicyclic) bond motifs is 1. The van der Waals surface area contributed by atoms with Crippen LogP contribution in [0.15, 0.2) is 47.4 Å². The maximum absolute atomic E-state index is 14.0. The van der Waals surface area contributed by atoms with Gasteiger partial charge in [0.2, 0.25) is 0 Å². The van der Waals surface area contributed by atoms with Gasteiger partial charge in [-0.25, -0.2) is 4.39 Å². The van der Waals surface area contributed by atoms with E-state index in [0.717, 1.165) is 35.2 Å². The molecule has 2 aliphatic heterocycles. The van der Waals surface area contributed by atoms with Crippen molar-refractivity contribution in [3.63, 3.8) is 0 Å². The van der Waals surface area contributed by atoms with Crippen LogP contribution in [0, 0.1) is 5.82 Å². The molecule has 2 heterocycles. The lowest BCUT2D eigenvalue weighted by Crippen LogP contribution is -2.48. The van der Waals surface area contributed by atoms with E-state index in [1.165, 1.54) is 17.3 Å². The minimum Gasteiger partial charge on any atom is -0.366 e. The van der Waals surface area contributed by atoms with Crippen molar-refractivity contribution in [3.8, 4) is 0 Å². The molecule has 2 aromatic rings. The summed E-state index contributed by atoms with van der Waals surface area (Å²) in [6.07, 6.45) is 2.83. The fourth-order valence-electron chi connectivity index (χ4n) is 4.78. The predicted molar refractivity (Wildman–Crippen MR) is 124 cm³/mol. The van der Waals surface area contributed by atoms with Gasteiger partial charge in [-0.3, -0.25) is 14.5 Å². The molecule has 1 atom stereocenters. The second kappa shape index (κ2) is 8.15. The highest BCUT2D eigenvalue weighted by atomic mass is 32.2. The second-order valence-electron chi connectivity index (χ2n) is 8.84. The number of imide groups is 1. The van der Waals surface area contributed by atoms with E-state index in [2.05, 4.69) is 44.7 Å². The first-order valence-electron chi connectivity index (χ1n) is 10.6. The van der Waals surface area contributed by atoms with Gasteiger partial charge in [0.05, 0.1) is 11.4 Å². The Morgan fingerprint density at radius 1 is 1.19 bits per heavy atom. The van der Waals surface area contributed by atoms with Gasteiger partial charge in [0.1, 0.15) is 5.82 Å². The summed E-state index contributed by atoms with van der Waals surface area (Å²) in [6.45, 7) is 9.82. The summed E-state index contributed by atoms with van der Waals surface area (Å²) < 4.78 is 14.0. The lowest BCUT2D eigenvalue weighted by Gasteiger charge is -2.47. The van der Waals surface area contributed by atoms with E-state index in [1.807, 2.05) is 6.07 Å². The Balaban J connectivity index is 1.61. The zero-order valence-corrected chi connectivity index (χ0v) is 19.1. The summed E-state index contributed by atoms with van der Waals surface area (Å²) in [5.74, 6) is -0.393. The number of rotatable bonds is 4. The maximum atomic E-state index is 14.0. The molecule has 1 unspecified atom stereocenters. The summed E-state index contributed by atoms with van der Waals surface area (Å²) in [6, 6.07) is 12.5. The van der Waals surface area contributed by atoms with Crippen molar-refractivity contribution in [3.05, 3.63) is 69.9 Å². The van der Waals surface area contributed by atoms with Crippen molar-refractivity contribution < 1.29 is 14.0 Å². The summed E-state index contributed by atoms with van der Waals surface area (Å²) in [4.78, 5) is 29.2. The Labute approximate surface area is 187 Å². The number of thioether (sulfide) groups is 1. The number of hydrogen-bond donors (Lipinski definition) is 0. The predicted octanol–water partition coefficient (Wildman–Crippen LogP) is 6.17. The molecule has 0 saturated carbocycles. The third-order valence-electron chi connectivity index (χ3n) is 6.18. The number of halogens is 1. The summed E-state index contributed by atoms with van der Waals surface area (Å²) in [5, 5.41) is -0.371. The number of benzene rings is 2. The number of hydrogen-bond acceptors (Lipinski definition) is 4. The standard InChI is InChI=1S/C25H27FN2O2S/c1-5-28-21-11-10-17(12-19(21)16(2)14-25(28,3)4)13-22-23(29)27(24(30)31-22)15-18-8-6-7-9-20(18)26/h6-13,16H,5,14-15H2,1-4H3/b22-13-. The third kappa shape index (κ3) is 4.01. The smallest absolute Gasteiger partial charge is 0.293 e. The van der Waals surface area contributed by atoms with E-state index in [9.17, 15) is 14.0 Å². The van der Waals surface area contributed by atoms with Crippen LogP contribution in [0.1, 0.15) is 56.7 Å². The second-order valence-corrected chi connectivity index (χ2v) is 9.83. The fourth-order valence-corrected chi connectivity index (χ4v) is 5.62. The average Bonchev–Trinajstić information content (AvgIpc) is 2.97. The van der Waals surface area contributed by atoms with Gasteiger partial charge in [-0.05, 0) is 80.3 Å². The normalized spacial score (nSPS) is 21.7. The first kappa shape index (κ1) is 21.6. The van der Waals surface area contributed by atoms with Gasteiger partial charge in [-0.15, -0.1) is 0 Å². The van der Waals surface area contributed by atoms with Crippen LogP contribution in [0.3, 0.4) is 0 Å². The molecule has 0 spiro atoms. The fraction of sp³-hybridized carbons (Fsp3) is 0.360. The van der Waals surface area contributed by atoms with E-state index in [1.54, 1.807) is 24.3 Å². The molecule has 0 radical (unpaired) electrons. The van der Waals surface area contributed by atoms with Crippen LogP contribution in [0.2, 0.25) is 0 Å². The van der Waals surface area contributed by atoms with E-state index in [4.69, 9.17) is 0 Å². The van der Waals surface area contributed by atoms with Gasteiger partial charge < -0.3 is 4.90 Å². The van der Waals surface area contributed by atoms with Gasteiger partial charge in [-0.1, -0.05) is 31.2 Å². The van der Waals surface area contributed by atoms with Crippen molar-refractivity contribution >= 4 is 34.7 Å². The topological polar surface area (TPSA) is 40.6 Å². The molecule has 0 aliphatic carbocycles. The van der Waals surface area contributed by atoms with E-state index in [-0.39, 0.29) is 23.2 Å². The van der Waals surface area contributed by atoms with Crippen LogP contribution in [0.5, 0.6) is 0 Å². The van der Waals surface area contributed by atoms with Crippen LogP contribution in [0.4, 0.5) is 14.9 Å². The largest absolute Gasteiger partial charge is 0.366 e. The summed E-state index contributed by atoms with van der Waals surface area (Å²) in [7, 11) is 0. The molecule has 31 heavy (non-hydrogen) atoms. The molecule has 2 amide bonds. The lowest BCUT2D eigenvalue weighted by atomic mass is 9.79. The Morgan fingerprint density at radius 3 is 2.65 bits per heavy atom. The molecule has 4 rings (SSSR count).